The number of carbonyl (C=O) groups is 1. The number of nitriles is 1. The van der Waals surface area contributed by atoms with Gasteiger partial charge in [-0.2, -0.15) is 5.26 Å². The molecule has 0 radical (unpaired) electrons. The molecule has 1 amide bonds. The van der Waals surface area contributed by atoms with Crippen LogP contribution in [0.5, 0.6) is 11.5 Å². The number of amides is 1. The first kappa shape index (κ1) is 27.5. The normalized spacial score (nSPS) is 11.1. The standard InChI is InChI=1S/C35H27ClN2O3/c1-24-11-13-27-9-5-6-10-31(27)32(24)23-41-34-18-12-26(20-33(34)36)19-28(21-37)35(39)38-29-14-16-30(17-15-29)40-22-25-7-3-2-4-8-25/h2-20H,22-23H2,1H3,(H,38,39)/b28-19+. The minimum Gasteiger partial charge on any atom is -0.489 e. The van der Waals surface area contributed by atoms with E-state index >= 15 is 0 Å². The Bertz CT molecular complexity index is 1760. The molecule has 6 heteroatoms. The molecule has 0 spiro atoms. The lowest BCUT2D eigenvalue weighted by atomic mass is 10.0. The zero-order valence-corrected chi connectivity index (χ0v) is 23.2. The number of benzene rings is 5. The lowest BCUT2D eigenvalue weighted by Gasteiger charge is -2.13. The van der Waals surface area contributed by atoms with Crippen molar-refractivity contribution in [2.45, 2.75) is 20.1 Å². The van der Waals surface area contributed by atoms with Gasteiger partial charge in [0.1, 0.15) is 36.4 Å². The average Bonchev–Trinajstić information content (AvgIpc) is 3.00. The molecular formula is C35H27ClN2O3. The van der Waals surface area contributed by atoms with Gasteiger partial charge >= 0.3 is 0 Å². The van der Waals surface area contributed by atoms with Crippen molar-refractivity contribution in [2.75, 3.05) is 5.32 Å². The van der Waals surface area contributed by atoms with E-state index in [-0.39, 0.29) is 5.57 Å². The molecule has 41 heavy (non-hydrogen) atoms. The number of hydrogen-bond donors (Lipinski definition) is 1. The maximum atomic E-state index is 12.8. The molecule has 202 valence electrons. The van der Waals surface area contributed by atoms with E-state index in [4.69, 9.17) is 21.1 Å². The van der Waals surface area contributed by atoms with Crippen LogP contribution in [-0.4, -0.2) is 5.91 Å². The number of halogens is 1. The largest absolute Gasteiger partial charge is 0.489 e. The van der Waals surface area contributed by atoms with E-state index in [0.717, 1.165) is 27.5 Å². The predicted octanol–water partition coefficient (Wildman–Crippen LogP) is 8.51. The van der Waals surface area contributed by atoms with Crippen LogP contribution in [0.2, 0.25) is 5.02 Å². The fraction of sp³-hybridized carbons (Fsp3) is 0.0857. The van der Waals surface area contributed by atoms with Gasteiger partial charge in [-0.15, -0.1) is 0 Å². The van der Waals surface area contributed by atoms with Crippen molar-refractivity contribution < 1.29 is 14.3 Å². The average molecular weight is 559 g/mol. The highest BCUT2D eigenvalue weighted by molar-refractivity contribution is 6.32. The van der Waals surface area contributed by atoms with Crippen molar-refractivity contribution in [1.29, 1.82) is 5.26 Å². The highest BCUT2D eigenvalue weighted by Gasteiger charge is 2.12. The van der Waals surface area contributed by atoms with Crippen molar-refractivity contribution >= 4 is 40.0 Å². The first-order chi connectivity index (χ1) is 20.0. The monoisotopic (exact) mass is 558 g/mol. The Kier molecular flexibility index (Phi) is 8.64. The van der Waals surface area contributed by atoms with Crippen LogP contribution in [0.4, 0.5) is 5.69 Å². The molecule has 0 unspecified atom stereocenters. The summed E-state index contributed by atoms with van der Waals surface area (Å²) >= 11 is 6.52. The molecule has 5 aromatic rings. The summed E-state index contributed by atoms with van der Waals surface area (Å²) in [7, 11) is 0. The van der Waals surface area contributed by atoms with Crippen molar-refractivity contribution in [3.05, 3.63) is 142 Å². The summed E-state index contributed by atoms with van der Waals surface area (Å²) in [5.74, 6) is 0.678. The van der Waals surface area contributed by atoms with Crippen molar-refractivity contribution in [2.24, 2.45) is 0 Å². The number of anilines is 1. The first-order valence-electron chi connectivity index (χ1n) is 13.1. The van der Waals surface area contributed by atoms with Gasteiger partial charge < -0.3 is 14.8 Å². The number of hydrogen-bond acceptors (Lipinski definition) is 4. The second-order valence-corrected chi connectivity index (χ2v) is 9.89. The molecule has 0 saturated heterocycles. The Morgan fingerprint density at radius 2 is 1.63 bits per heavy atom. The zero-order valence-electron chi connectivity index (χ0n) is 22.4. The number of nitrogens with one attached hydrogen (secondary N) is 1. The van der Waals surface area contributed by atoms with Crippen LogP contribution in [-0.2, 0) is 18.0 Å². The quantitative estimate of drug-likeness (QED) is 0.145. The number of carbonyl (C=O) groups excluding carboxylic acids is 1. The number of aryl methyl sites for hydroxylation is 1. The molecule has 0 aliphatic heterocycles. The third-order valence-electron chi connectivity index (χ3n) is 6.64. The van der Waals surface area contributed by atoms with Crippen LogP contribution in [0.25, 0.3) is 16.8 Å². The number of ether oxygens (including phenoxy) is 2. The van der Waals surface area contributed by atoms with Crippen molar-refractivity contribution in [3.63, 3.8) is 0 Å². The van der Waals surface area contributed by atoms with Gasteiger partial charge in [-0.3, -0.25) is 4.79 Å². The fourth-order valence-electron chi connectivity index (χ4n) is 4.40. The molecule has 0 aromatic heterocycles. The maximum absolute atomic E-state index is 12.8. The van der Waals surface area contributed by atoms with Gasteiger partial charge in [0.15, 0.2) is 0 Å². The van der Waals surface area contributed by atoms with Gasteiger partial charge in [-0.05, 0) is 76.9 Å². The van der Waals surface area contributed by atoms with E-state index in [2.05, 4.69) is 36.5 Å². The third-order valence-corrected chi connectivity index (χ3v) is 6.93. The van der Waals surface area contributed by atoms with Crippen LogP contribution in [0.3, 0.4) is 0 Å². The summed E-state index contributed by atoms with van der Waals surface area (Å²) in [6.07, 6.45) is 1.50. The van der Waals surface area contributed by atoms with Crippen LogP contribution in [0.15, 0.2) is 115 Å². The van der Waals surface area contributed by atoms with E-state index in [1.54, 1.807) is 42.5 Å². The predicted molar refractivity (Wildman–Crippen MR) is 164 cm³/mol. The Hall–Kier alpha value is -5.05. The summed E-state index contributed by atoms with van der Waals surface area (Å²) in [6, 6.07) is 36.4. The molecule has 0 bridgehead atoms. The van der Waals surface area contributed by atoms with E-state index in [1.807, 2.05) is 48.5 Å². The van der Waals surface area contributed by atoms with Gasteiger partial charge in [0.2, 0.25) is 0 Å². The van der Waals surface area contributed by atoms with Gasteiger partial charge in [0.05, 0.1) is 5.02 Å². The van der Waals surface area contributed by atoms with Crippen LogP contribution in [0.1, 0.15) is 22.3 Å². The molecule has 1 N–H and O–H groups in total. The SMILES string of the molecule is Cc1ccc2ccccc2c1COc1ccc(/C=C(\C#N)C(=O)Nc2ccc(OCc3ccccc3)cc2)cc1Cl. The van der Waals surface area contributed by atoms with Gasteiger partial charge in [0, 0.05) is 11.3 Å². The highest BCUT2D eigenvalue weighted by Crippen LogP contribution is 2.29. The second kappa shape index (κ2) is 12.9. The molecule has 0 atom stereocenters. The first-order valence-corrected chi connectivity index (χ1v) is 13.5. The molecule has 5 aromatic carbocycles. The van der Waals surface area contributed by atoms with Gasteiger partial charge in [-0.1, -0.05) is 84.4 Å². The lowest BCUT2D eigenvalue weighted by Crippen LogP contribution is -2.13. The molecule has 0 fully saturated rings. The van der Waals surface area contributed by atoms with E-state index in [1.165, 1.54) is 6.08 Å². The summed E-state index contributed by atoms with van der Waals surface area (Å²) < 4.78 is 11.9. The maximum Gasteiger partial charge on any atom is 0.266 e. The summed E-state index contributed by atoms with van der Waals surface area (Å²) in [4.78, 5) is 12.8. The van der Waals surface area contributed by atoms with E-state index in [9.17, 15) is 10.1 Å². The number of rotatable bonds is 9. The minimum atomic E-state index is -0.520. The van der Waals surface area contributed by atoms with Crippen LogP contribution >= 0.6 is 11.6 Å². The van der Waals surface area contributed by atoms with Crippen LogP contribution in [0, 0.1) is 18.3 Å². The number of fused-ring (bicyclic) bond motifs is 1. The smallest absolute Gasteiger partial charge is 0.266 e. The molecule has 0 aliphatic carbocycles. The Labute approximate surface area is 244 Å². The van der Waals surface area contributed by atoms with Crippen LogP contribution < -0.4 is 14.8 Å². The van der Waals surface area contributed by atoms with E-state index < -0.39 is 5.91 Å². The molecule has 0 saturated carbocycles. The molecular weight excluding hydrogens is 532 g/mol. The molecule has 5 nitrogen and oxygen atoms in total. The molecule has 5 rings (SSSR count). The van der Waals surface area contributed by atoms with E-state index in [0.29, 0.717) is 41.0 Å². The molecule has 0 aliphatic rings. The highest BCUT2D eigenvalue weighted by atomic mass is 35.5. The van der Waals surface area contributed by atoms with Gasteiger partial charge in [-0.25, -0.2) is 0 Å². The summed E-state index contributed by atoms with van der Waals surface area (Å²) in [6.45, 7) is 2.87. The Morgan fingerprint density at radius 1 is 0.878 bits per heavy atom. The minimum absolute atomic E-state index is 0.0504. The summed E-state index contributed by atoms with van der Waals surface area (Å²) in [5.41, 5.74) is 4.41. The second-order valence-electron chi connectivity index (χ2n) is 9.48. The lowest BCUT2D eigenvalue weighted by molar-refractivity contribution is -0.112. The zero-order chi connectivity index (χ0) is 28.6. The topological polar surface area (TPSA) is 71.3 Å². The summed E-state index contributed by atoms with van der Waals surface area (Å²) in [5, 5.41) is 15.1. The molecule has 0 heterocycles. The van der Waals surface area contributed by atoms with Crippen molar-refractivity contribution in [1.82, 2.24) is 0 Å². The Balaban J connectivity index is 1.22. The van der Waals surface area contributed by atoms with Crippen molar-refractivity contribution in [3.8, 4) is 17.6 Å². The third kappa shape index (κ3) is 6.94. The van der Waals surface area contributed by atoms with Gasteiger partial charge in [0.25, 0.3) is 5.91 Å². The Morgan fingerprint density at radius 3 is 2.39 bits per heavy atom. The number of nitrogens with zero attached hydrogens (tertiary/aromatic N) is 1. The fourth-order valence-corrected chi connectivity index (χ4v) is 4.64.